The summed E-state index contributed by atoms with van der Waals surface area (Å²) in [5.41, 5.74) is 6.43. The second kappa shape index (κ2) is 5.92. The van der Waals surface area contributed by atoms with Crippen molar-refractivity contribution in [1.29, 1.82) is 0 Å². The molecule has 0 aliphatic heterocycles. The average molecular weight is 256 g/mol. The molecule has 0 saturated heterocycles. The van der Waals surface area contributed by atoms with Gasteiger partial charge in [0, 0.05) is 5.69 Å². The van der Waals surface area contributed by atoms with E-state index < -0.39 is 5.97 Å². The summed E-state index contributed by atoms with van der Waals surface area (Å²) in [6, 6.07) is 4.78. The Morgan fingerprint density at radius 3 is 2.65 bits per heavy atom. The summed E-state index contributed by atoms with van der Waals surface area (Å²) in [5, 5.41) is 0.362. The van der Waals surface area contributed by atoms with Crippen molar-refractivity contribution in [2.45, 2.75) is 33.3 Å². The van der Waals surface area contributed by atoms with Gasteiger partial charge in [-0.15, -0.1) is 0 Å². The Morgan fingerprint density at radius 1 is 1.41 bits per heavy atom. The lowest BCUT2D eigenvalue weighted by Crippen LogP contribution is -2.17. The van der Waals surface area contributed by atoms with Crippen molar-refractivity contribution >= 4 is 23.3 Å². The number of carbonyl (C=O) groups excluding carboxylic acids is 1. The van der Waals surface area contributed by atoms with Gasteiger partial charge in [-0.25, -0.2) is 4.79 Å². The molecule has 0 aliphatic carbocycles. The number of rotatable bonds is 4. The van der Waals surface area contributed by atoms with Crippen molar-refractivity contribution in [3.05, 3.63) is 28.8 Å². The molecule has 0 spiro atoms. The quantitative estimate of drug-likeness (QED) is 0.662. The fourth-order valence-corrected chi connectivity index (χ4v) is 1.85. The normalized spacial score (nSPS) is 12.5. The monoisotopic (exact) mass is 255 g/mol. The molecular formula is C13H18ClNO2. The standard InChI is InChI=1S/C13H18ClNO2/c1-8(2)6-9(3)17-13(16)11-7-10(15)4-5-12(11)14/h4-5,7-9H,6,15H2,1-3H3. The zero-order chi connectivity index (χ0) is 13.0. The van der Waals surface area contributed by atoms with Gasteiger partial charge in [-0.2, -0.15) is 0 Å². The highest BCUT2D eigenvalue weighted by Crippen LogP contribution is 2.21. The Labute approximate surface area is 107 Å². The maximum atomic E-state index is 11.8. The third kappa shape index (κ3) is 4.27. The number of carbonyl (C=O) groups is 1. The van der Waals surface area contributed by atoms with E-state index in [-0.39, 0.29) is 6.10 Å². The van der Waals surface area contributed by atoms with Gasteiger partial charge in [0.25, 0.3) is 0 Å². The second-order valence-electron chi connectivity index (χ2n) is 4.58. The minimum atomic E-state index is -0.421. The van der Waals surface area contributed by atoms with Crippen LogP contribution in [0.5, 0.6) is 0 Å². The first-order valence-electron chi connectivity index (χ1n) is 5.66. The number of esters is 1. The smallest absolute Gasteiger partial charge is 0.339 e. The van der Waals surface area contributed by atoms with Crippen LogP contribution < -0.4 is 5.73 Å². The Bertz CT molecular complexity index is 404. The van der Waals surface area contributed by atoms with Crippen LogP contribution in [0.4, 0.5) is 5.69 Å². The van der Waals surface area contributed by atoms with Crippen molar-refractivity contribution < 1.29 is 9.53 Å². The van der Waals surface area contributed by atoms with Crippen LogP contribution >= 0.6 is 11.6 Å². The van der Waals surface area contributed by atoms with Gasteiger partial charge in [-0.3, -0.25) is 0 Å². The first kappa shape index (κ1) is 13.8. The first-order chi connectivity index (χ1) is 7.90. The Hall–Kier alpha value is -1.22. The van der Waals surface area contributed by atoms with Gasteiger partial charge in [0.2, 0.25) is 0 Å². The summed E-state index contributed by atoms with van der Waals surface area (Å²) < 4.78 is 5.30. The van der Waals surface area contributed by atoms with E-state index >= 15 is 0 Å². The van der Waals surface area contributed by atoms with E-state index in [2.05, 4.69) is 13.8 Å². The van der Waals surface area contributed by atoms with E-state index in [1.54, 1.807) is 12.1 Å². The van der Waals surface area contributed by atoms with Gasteiger partial charge in [-0.1, -0.05) is 25.4 Å². The van der Waals surface area contributed by atoms with E-state index in [4.69, 9.17) is 22.1 Å². The number of nitrogens with two attached hydrogens (primary N) is 1. The minimum absolute atomic E-state index is 0.125. The summed E-state index contributed by atoms with van der Waals surface area (Å²) in [4.78, 5) is 11.8. The van der Waals surface area contributed by atoms with Crippen LogP contribution in [0.2, 0.25) is 5.02 Å². The fraction of sp³-hybridized carbons (Fsp3) is 0.462. The summed E-state index contributed by atoms with van der Waals surface area (Å²) in [5.74, 6) is 0.0598. The van der Waals surface area contributed by atoms with Crippen LogP contribution in [0.25, 0.3) is 0 Å². The SMILES string of the molecule is CC(C)CC(C)OC(=O)c1cc(N)ccc1Cl. The molecular weight excluding hydrogens is 238 g/mol. The summed E-state index contributed by atoms with van der Waals surface area (Å²) >= 11 is 5.92. The van der Waals surface area contributed by atoms with E-state index in [9.17, 15) is 4.79 Å². The van der Waals surface area contributed by atoms with Gasteiger partial charge >= 0.3 is 5.97 Å². The molecule has 0 radical (unpaired) electrons. The van der Waals surface area contributed by atoms with Crippen molar-refractivity contribution in [3.63, 3.8) is 0 Å². The van der Waals surface area contributed by atoms with Crippen LogP contribution in [-0.4, -0.2) is 12.1 Å². The Balaban J connectivity index is 2.73. The molecule has 94 valence electrons. The lowest BCUT2D eigenvalue weighted by molar-refractivity contribution is 0.0300. The van der Waals surface area contributed by atoms with Crippen molar-refractivity contribution in [2.75, 3.05) is 5.73 Å². The zero-order valence-corrected chi connectivity index (χ0v) is 11.1. The minimum Gasteiger partial charge on any atom is -0.459 e. The molecule has 0 aromatic heterocycles. The van der Waals surface area contributed by atoms with Gasteiger partial charge in [0.05, 0.1) is 16.7 Å². The number of anilines is 1. The van der Waals surface area contributed by atoms with Gasteiger partial charge in [0.15, 0.2) is 0 Å². The van der Waals surface area contributed by atoms with Gasteiger partial charge in [-0.05, 0) is 37.5 Å². The average Bonchev–Trinajstić information content (AvgIpc) is 2.20. The van der Waals surface area contributed by atoms with E-state index in [0.29, 0.717) is 22.2 Å². The predicted octanol–water partition coefficient (Wildman–Crippen LogP) is 3.51. The summed E-state index contributed by atoms with van der Waals surface area (Å²) in [7, 11) is 0. The molecule has 1 rings (SSSR count). The fourth-order valence-electron chi connectivity index (χ4n) is 1.66. The Morgan fingerprint density at radius 2 is 2.06 bits per heavy atom. The number of benzene rings is 1. The first-order valence-corrected chi connectivity index (χ1v) is 6.04. The maximum Gasteiger partial charge on any atom is 0.339 e. The topological polar surface area (TPSA) is 52.3 Å². The number of hydrogen-bond acceptors (Lipinski definition) is 3. The molecule has 1 atom stereocenters. The lowest BCUT2D eigenvalue weighted by Gasteiger charge is -2.15. The lowest BCUT2D eigenvalue weighted by atomic mass is 10.1. The van der Waals surface area contributed by atoms with Crippen molar-refractivity contribution in [3.8, 4) is 0 Å². The molecule has 0 fully saturated rings. The van der Waals surface area contributed by atoms with Crippen LogP contribution in [0.1, 0.15) is 37.6 Å². The molecule has 1 unspecified atom stereocenters. The largest absolute Gasteiger partial charge is 0.459 e. The molecule has 2 N–H and O–H groups in total. The Kier molecular flexibility index (Phi) is 4.82. The molecule has 0 heterocycles. The number of halogens is 1. The van der Waals surface area contributed by atoms with E-state index in [1.165, 1.54) is 6.07 Å². The molecule has 0 saturated carbocycles. The van der Waals surface area contributed by atoms with E-state index in [1.807, 2.05) is 6.92 Å². The molecule has 3 nitrogen and oxygen atoms in total. The third-order valence-electron chi connectivity index (χ3n) is 2.32. The van der Waals surface area contributed by atoms with Gasteiger partial charge in [0.1, 0.15) is 0 Å². The van der Waals surface area contributed by atoms with Crippen LogP contribution in [0.15, 0.2) is 18.2 Å². The van der Waals surface area contributed by atoms with E-state index in [0.717, 1.165) is 6.42 Å². The number of hydrogen-bond donors (Lipinski definition) is 1. The highest BCUT2D eigenvalue weighted by atomic mass is 35.5. The zero-order valence-electron chi connectivity index (χ0n) is 10.4. The predicted molar refractivity (Wildman–Crippen MR) is 70.2 cm³/mol. The molecule has 1 aromatic carbocycles. The third-order valence-corrected chi connectivity index (χ3v) is 2.65. The van der Waals surface area contributed by atoms with Crippen molar-refractivity contribution in [1.82, 2.24) is 0 Å². The summed E-state index contributed by atoms with van der Waals surface area (Å²) in [6.45, 7) is 6.04. The molecule has 1 aromatic rings. The molecule has 0 aliphatic rings. The molecule has 0 bridgehead atoms. The highest BCUT2D eigenvalue weighted by molar-refractivity contribution is 6.33. The molecule has 17 heavy (non-hydrogen) atoms. The molecule has 0 amide bonds. The van der Waals surface area contributed by atoms with Crippen LogP contribution in [-0.2, 0) is 4.74 Å². The highest BCUT2D eigenvalue weighted by Gasteiger charge is 2.16. The second-order valence-corrected chi connectivity index (χ2v) is 4.99. The molecule has 4 heteroatoms. The number of ether oxygens (including phenoxy) is 1. The number of nitrogen functional groups attached to an aromatic ring is 1. The summed E-state index contributed by atoms with van der Waals surface area (Å²) in [6.07, 6.45) is 0.700. The maximum absolute atomic E-state index is 11.8. The van der Waals surface area contributed by atoms with Crippen LogP contribution in [0, 0.1) is 5.92 Å². The van der Waals surface area contributed by atoms with Crippen LogP contribution in [0.3, 0.4) is 0 Å². The van der Waals surface area contributed by atoms with Crippen molar-refractivity contribution in [2.24, 2.45) is 5.92 Å². The van der Waals surface area contributed by atoms with Gasteiger partial charge < -0.3 is 10.5 Å².